The maximum absolute atomic E-state index is 12.8. The van der Waals surface area contributed by atoms with Gasteiger partial charge in [-0.15, -0.1) is 0 Å². The average molecular weight is 323 g/mol. The Morgan fingerprint density at radius 2 is 1.88 bits per heavy atom. The maximum atomic E-state index is 12.8. The van der Waals surface area contributed by atoms with Crippen molar-refractivity contribution in [2.24, 2.45) is 0 Å². The molecule has 1 aliphatic heterocycles. The summed E-state index contributed by atoms with van der Waals surface area (Å²) in [7, 11) is 0. The van der Waals surface area contributed by atoms with Crippen LogP contribution < -0.4 is 4.74 Å². The molecular formula is C19H17NO4. The van der Waals surface area contributed by atoms with Gasteiger partial charge in [0.2, 0.25) is 0 Å². The predicted octanol–water partition coefficient (Wildman–Crippen LogP) is 4.18. The highest BCUT2D eigenvalue weighted by molar-refractivity contribution is 6.15. The minimum atomic E-state index is -0.418. The van der Waals surface area contributed by atoms with E-state index in [9.17, 15) is 14.9 Å². The number of ether oxygens (including phenoxy) is 1. The van der Waals surface area contributed by atoms with E-state index in [0.717, 1.165) is 11.1 Å². The number of benzene rings is 2. The molecule has 122 valence electrons. The summed E-state index contributed by atoms with van der Waals surface area (Å²) in [5, 5.41) is 11.1. The Bertz CT molecular complexity index is 896. The van der Waals surface area contributed by atoms with Gasteiger partial charge in [-0.1, -0.05) is 18.2 Å². The Morgan fingerprint density at radius 1 is 1.12 bits per heavy atom. The minimum absolute atomic E-state index is 0.0423. The minimum Gasteiger partial charge on any atom is -0.488 e. The molecule has 0 fully saturated rings. The van der Waals surface area contributed by atoms with Gasteiger partial charge in [0.1, 0.15) is 12.4 Å². The summed E-state index contributed by atoms with van der Waals surface area (Å²) < 4.78 is 5.72. The van der Waals surface area contributed by atoms with Crippen LogP contribution in [0, 0.1) is 30.9 Å². The topological polar surface area (TPSA) is 69.4 Å². The smallest absolute Gasteiger partial charge is 0.272 e. The molecule has 1 aliphatic rings. The fraction of sp³-hybridized carbons (Fsp3) is 0.211. The van der Waals surface area contributed by atoms with Crippen LogP contribution in [0.5, 0.6) is 5.75 Å². The second kappa shape index (κ2) is 5.92. The summed E-state index contributed by atoms with van der Waals surface area (Å²) >= 11 is 0. The number of ketones is 1. The van der Waals surface area contributed by atoms with Crippen LogP contribution in [0.4, 0.5) is 5.69 Å². The predicted molar refractivity (Wildman–Crippen MR) is 91.6 cm³/mol. The first-order valence-electron chi connectivity index (χ1n) is 7.61. The summed E-state index contributed by atoms with van der Waals surface area (Å²) in [4.78, 5) is 23.4. The number of carbonyl (C=O) groups excluding carboxylic acids is 1. The number of rotatable bonds is 2. The Hall–Kier alpha value is -2.95. The number of hydrogen-bond acceptors (Lipinski definition) is 4. The number of nitro benzene ring substituents is 1. The largest absolute Gasteiger partial charge is 0.488 e. The molecule has 0 aromatic heterocycles. The maximum Gasteiger partial charge on any atom is 0.272 e. The summed E-state index contributed by atoms with van der Waals surface area (Å²) in [5.74, 6) is 0.515. The van der Waals surface area contributed by atoms with E-state index in [1.807, 2.05) is 26.0 Å². The molecule has 0 amide bonds. The standard InChI is InChI=1S/C19H17NO4/c1-11-6-13(3)18-17(7-11)24-10-15(19(18)21)8-14-5-4-12(2)16(9-14)20(22)23/h4-9H,10H2,1-3H3/b15-8+. The monoisotopic (exact) mass is 323 g/mol. The first-order chi connectivity index (χ1) is 11.4. The van der Waals surface area contributed by atoms with Crippen LogP contribution in [0.2, 0.25) is 0 Å². The number of Topliss-reactive ketones (excluding diaryl/α,β-unsaturated/α-hetero) is 1. The molecule has 0 saturated heterocycles. The molecule has 5 nitrogen and oxygen atoms in total. The zero-order chi connectivity index (χ0) is 17.4. The zero-order valence-electron chi connectivity index (χ0n) is 13.8. The fourth-order valence-electron chi connectivity index (χ4n) is 2.94. The first kappa shape index (κ1) is 15.9. The number of fused-ring (bicyclic) bond motifs is 1. The number of carbonyl (C=O) groups is 1. The number of hydrogen-bond donors (Lipinski definition) is 0. The quantitative estimate of drug-likeness (QED) is 0.472. The van der Waals surface area contributed by atoms with E-state index in [1.54, 1.807) is 25.1 Å². The average Bonchev–Trinajstić information content (AvgIpc) is 2.51. The van der Waals surface area contributed by atoms with Gasteiger partial charge in [-0.3, -0.25) is 14.9 Å². The van der Waals surface area contributed by atoms with E-state index in [1.165, 1.54) is 6.07 Å². The second-order valence-corrected chi connectivity index (χ2v) is 6.05. The van der Waals surface area contributed by atoms with E-state index < -0.39 is 4.92 Å². The Labute approximate surface area is 139 Å². The van der Waals surface area contributed by atoms with Crippen LogP contribution in [0.15, 0.2) is 35.9 Å². The zero-order valence-corrected chi connectivity index (χ0v) is 13.8. The molecule has 0 bridgehead atoms. The van der Waals surface area contributed by atoms with Gasteiger partial charge in [0.25, 0.3) is 5.69 Å². The summed E-state index contributed by atoms with van der Waals surface area (Å²) in [6.45, 7) is 5.69. The van der Waals surface area contributed by atoms with Gasteiger partial charge < -0.3 is 4.74 Å². The van der Waals surface area contributed by atoms with Gasteiger partial charge >= 0.3 is 0 Å². The van der Waals surface area contributed by atoms with E-state index in [4.69, 9.17) is 4.74 Å². The Kier molecular flexibility index (Phi) is 3.93. The third-order valence-corrected chi connectivity index (χ3v) is 4.12. The summed E-state index contributed by atoms with van der Waals surface area (Å²) in [5.41, 5.74) is 4.22. The van der Waals surface area contributed by atoms with E-state index in [-0.39, 0.29) is 18.1 Å². The number of nitrogens with zero attached hydrogens (tertiary/aromatic N) is 1. The molecule has 0 saturated carbocycles. The van der Waals surface area contributed by atoms with Crippen LogP contribution in [-0.4, -0.2) is 17.3 Å². The van der Waals surface area contributed by atoms with E-state index >= 15 is 0 Å². The van der Waals surface area contributed by atoms with Crippen molar-refractivity contribution in [3.63, 3.8) is 0 Å². The highest BCUT2D eigenvalue weighted by Crippen LogP contribution is 2.32. The number of aryl methyl sites for hydroxylation is 3. The van der Waals surface area contributed by atoms with Crippen molar-refractivity contribution in [2.45, 2.75) is 20.8 Å². The van der Waals surface area contributed by atoms with Crippen molar-refractivity contribution in [2.75, 3.05) is 6.61 Å². The molecule has 2 aromatic carbocycles. The van der Waals surface area contributed by atoms with Crippen LogP contribution in [0.25, 0.3) is 6.08 Å². The normalized spacial score (nSPS) is 15.1. The van der Waals surface area contributed by atoms with Crippen LogP contribution in [0.3, 0.4) is 0 Å². The molecule has 0 N–H and O–H groups in total. The molecule has 1 heterocycles. The summed E-state index contributed by atoms with van der Waals surface area (Å²) in [6.07, 6.45) is 1.66. The lowest BCUT2D eigenvalue weighted by Crippen LogP contribution is -2.20. The van der Waals surface area contributed by atoms with Gasteiger partial charge in [0, 0.05) is 17.2 Å². The van der Waals surface area contributed by atoms with Gasteiger partial charge in [-0.2, -0.15) is 0 Å². The SMILES string of the molecule is Cc1cc(C)c2c(c1)OC/C(=C\c1ccc(C)c([N+](=O)[O-])c1)C2=O. The van der Waals surface area contributed by atoms with E-state index in [2.05, 4.69) is 0 Å². The fourth-order valence-corrected chi connectivity index (χ4v) is 2.94. The molecular weight excluding hydrogens is 306 g/mol. The molecule has 0 unspecified atom stereocenters. The summed E-state index contributed by atoms with van der Waals surface area (Å²) in [6, 6.07) is 8.72. The number of nitro groups is 1. The third-order valence-electron chi connectivity index (χ3n) is 4.12. The molecule has 24 heavy (non-hydrogen) atoms. The van der Waals surface area contributed by atoms with Crippen LogP contribution in [-0.2, 0) is 0 Å². The molecule has 2 aromatic rings. The van der Waals surface area contributed by atoms with Crippen molar-refractivity contribution >= 4 is 17.5 Å². The van der Waals surface area contributed by atoms with Crippen molar-refractivity contribution in [1.29, 1.82) is 0 Å². The Morgan fingerprint density at radius 3 is 2.58 bits per heavy atom. The molecule has 0 spiro atoms. The first-order valence-corrected chi connectivity index (χ1v) is 7.61. The van der Waals surface area contributed by atoms with Crippen molar-refractivity contribution in [1.82, 2.24) is 0 Å². The van der Waals surface area contributed by atoms with Gasteiger partial charge in [-0.25, -0.2) is 0 Å². The van der Waals surface area contributed by atoms with Gasteiger partial charge in [0.15, 0.2) is 5.78 Å². The van der Waals surface area contributed by atoms with Crippen LogP contribution >= 0.6 is 0 Å². The van der Waals surface area contributed by atoms with Crippen molar-refractivity contribution in [3.8, 4) is 5.75 Å². The van der Waals surface area contributed by atoms with E-state index in [0.29, 0.717) is 28.0 Å². The van der Waals surface area contributed by atoms with Gasteiger partial charge in [0.05, 0.1) is 10.5 Å². The lowest BCUT2D eigenvalue weighted by Gasteiger charge is -2.21. The van der Waals surface area contributed by atoms with Crippen molar-refractivity contribution < 1.29 is 14.5 Å². The van der Waals surface area contributed by atoms with Gasteiger partial charge in [-0.05, 0) is 49.6 Å². The lowest BCUT2D eigenvalue weighted by molar-refractivity contribution is -0.385. The lowest BCUT2D eigenvalue weighted by atomic mass is 9.93. The second-order valence-electron chi connectivity index (χ2n) is 6.05. The highest BCUT2D eigenvalue weighted by atomic mass is 16.6. The van der Waals surface area contributed by atoms with Crippen LogP contribution in [0.1, 0.15) is 32.6 Å². The molecule has 5 heteroatoms. The third kappa shape index (κ3) is 2.80. The molecule has 3 rings (SSSR count). The molecule has 0 radical (unpaired) electrons. The Balaban J connectivity index is 2.02. The molecule has 0 atom stereocenters. The highest BCUT2D eigenvalue weighted by Gasteiger charge is 2.25. The molecule has 0 aliphatic carbocycles. The van der Waals surface area contributed by atoms with Crippen molar-refractivity contribution in [3.05, 3.63) is 73.8 Å².